The van der Waals surface area contributed by atoms with Crippen LogP contribution in [0.1, 0.15) is 37.8 Å². The van der Waals surface area contributed by atoms with Crippen molar-refractivity contribution < 1.29 is 9.72 Å². The van der Waals surface area contributed by atoms with Gasteiger partial charge in [0.25, 0.3) is 5.69 Å². The topological polar surface area (TPSA) is 84.3 Å². The molecule has 2 unspecified atom stereocenters. The number of rotatable bonds is 5. The fourth-order valence-electron chi connectivity index (χ4n) is 2.48. The van der Waals surface area contributed by atoms with Gasteiger partial charge in [0.2, 0.25) is 5.91 Å². The van der Waals surface area contributed by atoms with E-state index in [1.165, 1.54) is 6.07 Å². The van der Waals surface area contributed by atoms with Crippen molar-refractivity contribution >= 4 is 11.6 Å². The third-order valence-corrected chi connectivity index (χ3v) is 3.58. The summed E-state index contributed by atoms with van der Waals surface area (Å²) >= 11 is 0. The molecule has 20 heavy (non-hydrogen) atoms. The zero-order chi connectivity index (χ0) is 14.5. The molecule has 1 aliphatic rings. The standard InChI is InChI=1S/C14H19N3O3/c1-2-12(16-13-7-4-8-15-14(13)18)10-5-3-6-11(9-10)17(19)20/h3,5-6,9,12-13,16H,2,4,7-8H2,1H3,(H,15,18). The van der Waals surface area contributed by atoms with Crippen LogP contribution in [0, 0.1) is 10.1 Å². The van der Waals surface area contributed by atoms with E-state index in [0.717, 1.165) is 31.4 Å². The molecule has 1 fully saturated rings. The quantitative estimate of drug-likeness (QED) is 0.636. The van der Waals surface area contributed by atoms with Crippen LogP contribution in [0.5, 0.6) is 0 Å². The number of hydrogen-bond donors (Lipinski definition) is 2. The summed E-state index contributed by atoms with van der Waals surface area (Å²) in [5, 5.41) is 17.0. The van der Waals surface area contributed by atoms with Crippen molar-refractivity contribution in [3.8, 4) is 0 Å². The molecular weight excluding hydrogens is 258 g/mol. The second-order valence-corrected chi connectivity index (χ2v) is 4.97. The predicted molar refractivity (Wildman–Crippen MR) is 75.3 cm³/mol. The highest BCUT2D eigenvalue weighted by Gasteiger charge is 2.25. The molecule has 1 aromatic rings. The van der Waals surface area contributed by atoms with Crippen molar-refractivity contribution in [2.24, 2.45) is 0 Å². The van der Waals surface area contributed by atoms with Crippen molar-refractivity contribution in [1.82, 2.24) is 10.6 Å². The maximum Gasteiger partial charge on any atom is 0.269 e. The van der Waals surface area contributed by atoms with Crippen LogP contribution in [0.3, 0.4) is 0 Å². The second-order valence-electron chi connectivity index (χ2n) is 4.97. The molecule has 0 aliphatic carbocycles. The largest absolute Gasteiger partial charge is 0.355 e. The first-order chi connectivity index (χ1) is 9.61. The number of hydrogen-bond acceptors (Lipinski definition) is 4. The Morgan fingerprint density at radius 3 is 3.00 bits per heavy atom. The maximum absolute atomic E-state index is 11.8. The summed E-state index contributed by atoms with van der Waals surface area (Å²) in [4.78, 5) is 22.2. The van der Waals surface area contributed by atoms with Gasteiger partial charge >= 0.3 is 0 Å². The van der Waals surface area contributed by atoms with E-state index in [9.17, 15) is 14.9 Å². The fourth-order valence-corrected chi connectivity index (χ4v) is 2.48. The van der Waals surface area contributed by atoms with Gasteiger partial charge in [-0.3, -0.25) is 20.2 Å². The molecule has 6 heteroatoms. The van der Waals surface area contributed by atoms with Gasteiger partial charge < -0.3 is 5.32 Å². The number of carbonyl (C=O) groups is 1. The smallest absolute Gasteiger partial charge is 0.269 e. The molecule has 0 spiro atoms. The summed E-state index contributed by atoms with van der Waals surface area (Å²) in [6.45, 7) is 2.72. The molecule has 1 saturated heterocycles. The molecule has 1 aliphatic heterocycles. The van der Waals surface area contributed by atoms with Crippen molar-refractivity contribution in [2.75, 3.05) is 6.54 Å². The molecule has 2 rings (SSSR count). The Morgan fingerprint density at radius 1 is 1.55 bits per heavy atom. The van der Waals surface area contributed by atoms with Crippen molar-refractivity contribution in [3.63, 3.8) is 0 Å². The summed E-state index contributed by atoms with van der Waals surface area (Å²) < 4.78 is 0. The zero-order valence-corrected chi connectivity index (χ0v) is 11.5. The minimum atomic E-state index is -0.399. The van der Waals surface area contributed by atoms with E-state index in [1.807, 2.05) is 13.0 Å². The Hall–Kier alpha value is -1.95. The minimum absolute atomic E-state index is 0.0140. The summed E-state index contributed by atoms with van der Waals surface area (Å²) in [5.41, 5.74) is 0.927. The molecule has 0 aromatic heterocycles. The summed E-state index contributed by atoms with van der Waals surface area (Å²) in [7, 11) is 0. The van der Waals surface area contributed by atoms with Crippen molar-refractivity contribution in [1.29, 1.82) is 0 Å². The lowest BCUT2D eigenvalue weighted by molar-refractivity contribution is -0.384. The monoisotopic (exact) mass is 277 g/mol. The number of amides is 1. The number of carbonyl (C=O) groups excluding carboxylic acids is 1. The van der Waals surface area contributed by atoms with Crippen molar-refractivity contribution in [3.05, 3.63) is 39.9 Å². The molecule has 1 aromatic carbocycles. The lowest BCUT2D eigenvalue weighted by Crippen LogP contribution is -2.49. The Balaban J connectivity index is 2.13. The van der Waals surface area contributed by atoms with E-state index in [0.29, 0.717) is 0 Å². The molecule has 0 radical (unpaired) electrons. The Morgan fingerprint density at radius 2 is 2.35 bits per heavy atom. The highest BCUT2D eigenvalue weighted by molar-refractivity contribution is 5.82. The lowest BCUT2D eigenvalue weighted by atomic mass is 10.00. The van der Waals surface area contributed by atoms with Crippen LogP contribution >= 0.6 is 0 Å². The summed E-state index contributed by atoms with van der Waals surface area (Å²) in [6.07, 6.45) is 2.52. The average molecular weight is 277 g/mol. The van der Waals surface area contributed by atoms with Gasteiger partial charge in [0.15, 0.2) is 0 Å². The first-order valence-corrected chi connectivity index (χ1v) is 6.90. The lowest BCUT2D eigenvalue weighted by Gasteiger charge is -2.27. The molecule has 2 N–H and O–H groups in total. The Labute approximate surface area is 117 Å². The van der Waals surface area contributed by atoms with Gasteiger partial charge in [-0.25, -0.2) is 0 Å². The fraction of sp³-hybridized carbons (Fsp3) is 0.500. The molecule has 1 heterocycles. The van der Waals surface area contributed by atoms with Crippen LogP contribution in [0.25, 0.3) is 0 Å². The molecule has 0 bridgehead atoms. The molecule has 1 amide bonds. The van der Waals surface area contributed by atoms with E-state index >= 15 is 0 Å². The second kappa shape index (κ2) is 6.47. The van der Waals surface area contributed by atoms with Gasteiger partial charge in [-0.05, 0) is 24.8 Å². The first-order valence-electron chi connectivity index (χ1n) is 6.90. The maximum atomic E-state index is 11.8. The van der Waals surface area contributed by atoms with E-state index in [4.69, 9.17) is 0 Å². The number of benzene rings is 1. The Bertz CT molecular complexity index is 504. The van der Waals surface area contributed by atoms with Gasteiger partial charge in [0.05, 0.1) is 11.0 Å². The molecular formula is C14H19N3O3. The van der Waals surface area contributed by atoms with Gasteiger partial charge in [0, 0.05) is 24.7 Å². The number of nitrogens with zero attached hydrogens (tertiary/aromatic N) is 1. The minimum Gasteiger partial charge on any atom is -0.355 e. The van der Waals surface area contributed by atoms with Gasteiger partial charge in [0.1, 0.15) is 0 Å². The first kappa shape index (κ1) is 14.5. The van der Waals surface area contributed by atoms with Gasteiger partial charge in [-0.1, -0.05) is 19.1 Å². The van der Waals surface area contributed by atoms with Crippen LogP contribution in [0.4, 0.5) is 5.69 Å². The highest BCUT2D eigenvalue weighted by atomic mass is 16.6. The normalized spacial score (nSPS) is 20.2. The van der Waals surface area contributed by atoms with Crippen LogP contribution < -0.4 is 10.6 Å². The summed E-state index contributed by atoms with van der Waals surface area (Å²) in [6, 6.07) is 6.32. The van der Waals surface area contributed by atoms with Crippen LogP contribution in [0.15, 0.2) is 24.3 Å². The van der Waals surface area contributed by atoms with Gasteiger partial charge in [-0.15, -0.1) is 0 Å². The number of non-ortho nitro benzene ring substituents is 1. The Kier molecular flexibility index (Phi) is 4.68. The average Bonchev–Trinajstić information content (AvgIpc) is 2.46. The van der Waals surface area contributed by atoms with Crippen molar-refractivity contribution in [2.45, 2.75) is 38.3 Å². The molecule has 108 valence electrons. The van der Waals surface area contributed by atoms with E-state index < -0.39 is 4.92 Å². The molecule has 0 saturated carbocycles. The van der Waals surface area contributed by atoms with Crippen LogP contribution in [-0.4, -0.2) is 23.4 Å². The van der Waals surface area contributed by atoms with Crippen LogP contribution in [-0.2, 0) is 4.79 Å². The third kappa shape index (κ3) is 3.33. The number of nitro benzene ring substituents is 1. The number of nitro groups is 1. The highest BCUT2D eigenvalue weighted by Crippen LogP contribution is 2.23. The van der Waals surface area contributed by atoms with E-state index in [1.54, 1.807) is 12.1 Å². The molecule has 6 nitrogen and oxygen atoms in total. The number of piperidine rings is 1. The summed E-state index contributed by atoms with van der Waals surface area (Å²) in [5.74, 6) is 0.0140. The number of nitrogens with one attached hydrogen (secondary N) is 2. The SMILES string of the molecule is CCC(NC1CCCNC1=O)c1cccc([N+](=O)[O-])c1. The molecule has 2 atom stereocenters. The van der Waals surface area contributed by atoms with Gasteiger partial charge in [-0.2, -0.15) is 0 Å². The predicted octanol–water partition coefficient (Wildman–Crippen LogP) is 1.91. The van der Waals surface area contributed by atoms with Crippen LogP contribution in [0.2, 0.25) is 0 Å². The third-order valence-electron chi connectivity index (χ3n) is 3.58. The van der Waals surface area contributed by atoms with E-state index in [2.05, 4.69) is 10.6 Å². The zero-order valence-electron chi connectivity index (χ0n) is 11.5. The van der Waals surface area contributed by atoms with E-state index in [-0.39, 0.29) is 23.7 Å².